The van der Waals surface area contributed by atoms with E-state index in [2.05, 4.69) is 0 Å². The zero-order valence-corrected chi connectivity index (χ0v) is 11.6. The zero-order valence-electron chi connectivity index (χ0n) is 11.6. The van der Waals surface area contributed by atoms with Gasteiger partial charge in [0.05, 0.1) is 5.69 Å². The molecule has 2 rings (SSSR count). The monoisotopic (exact) mass is 305 g/mol. The van der Waals surface area contributed by atoms with Crippen LogP contribution in [0.15, 0.2) is 30.3 Å². The quantitative estimate of drug-likeness (QED) is 0.429. The summed E-state index contributed by atoms with van der Waals surface area (Å²) in [6.07, 6.45) is 1.48. The molecule has 0 spiro atoms. The van der Waals surface area contributed by atoms with Crippen LogP contribution in [-0.2, 0) is 9.59 Å². The third kappa shape index (κ3) is 3.41. The minimum absolute atomic E-state index is 0.204. The summed E-state index contributed by atoms with van der Waals surface area (Å²) in [7, 11) is 0. The first-order valence-electron chi connectivity index (χ1n) is 6.52. The molecule has 0 atom stereocenters. The Morgan fingerprint density at radius 3 is 2.59 bits per heavy atom. The smallest absolute Gasteiger partial charge is 0.407 e. The predicted molar refractivity (Wildman–Crippen MR) is 77.4 cm³/mol. The highest BCUT2D eigenvalue weighted by Gasteiger charge is 2.28. The molecule has 3 N–H and O–H groups in total. The van der Waals surface area contributed by atoms with Crippen molar-refractivity contribution >= 4 is 29.7 Å². The lowest BCUT2D eigenvalue weighted by atomic mass is 10.1. The summed E-state index contributed by atoms with van der Waals surface area (Å²) in [5.74, 6) is -1.02. The Bertz CT molecular complexity index is 629. The number of carboxylic acid groups (broad SMARTS) is 1. The van der Waals surface area contributed by atoms with E-state index in [0.717, 1.165) is 11.0 Å². The fraction of sp³-hybridized carbons (Fsp3) is 0.214. The van der Waals surface area contributed by atoms with Crippen LogP contribution in [-0.4, -0.2) is 52.8 Å². The summed E-state index contributed by atoms with van der Waals surface area (Å²) in [4.78, 5) is 36.6. The van der Waals surface area contributed by atoms with Crippen LogP contribution in [0.5, 0.6) is 0 Å². The maximum Gasteiger partial charge on any atom is 0.407 e. The molecule has 0 bridgehead atoms. The van der Waals surface area contributed by atoms with Crippen molar-refractivity contribution in [3.05, 3.63) is 35.9 Å². The van der Waals surface area contributed by atoms with E-state index in [1.54, 1.807) is 24.3 Å². The zero-order chi connectivity index (χ0) is 16.1. The second-order valence-corrected chi connectivity index (χ2v) is 4.62. The van der Waals surface area contributed by atoms with E-state index < -0.39 is 12.0 Å². The number of carbonyl (C=O) groups is 3. The first-order valence-corrected chi connectivity index (χ1v) is 6.52. The average Bonchev–Trinajstić information content (AvgIpc) is 2.52. The van der Waals surface area contributed by atoms with Crippen LogP contribution in [0.25, 0.3) is 6.08 Å². The van der Waals surface area contributed by atoms with Gasteiger partial charge < -0.3 is 10.0 Å². The van der Waals surface area contributed by atoms with Crippen LogP contribution in [0.4, 0.5) is 10.5 Å². The number of nitrogens with zero attached hydrogens (tertiary/aromatic N) is 2. The molecule has 8 nitrogen and oxygen atoms in total. The van der Waals surface area contributed by atoms with Crippen molar-refractivity contribution in [2.24, 2.45) is 0 Å². The van der Waals surface area contributed by atoms with E-state index >= 15 is 0 Å². The number of hydrogen-bond donors (Lipinski definition) is 3. The lowest BCUT2D eigenvalue weighted by molar-refractivity contribution is -0.124. The largest absolute Gasteiger partial charge is 0.465 e. The number of hydrogen-bond acceptors (Lipinski definition) is 4. The van der Waals surface area contributed by atoms with Gasteiger partial charge in [-0.25, -0.2) is 10.3 Å². The van der Waals surface area contributed by atoms with Crippen molar-refractivity contribution in [2.45, 2.75) is 0 Å². The maximum absolute atomic E-state index is 12.1. The number of para-hydroxylation sites is 1. The number of piperazine rings is 1. The molecule has 116 valence electrons. The topological polar surface area (TPSA) is 110 Å². The van der Waals surface area contributed by atoms with Crippen LogP contribution < -0.4 is 10.4 Å². The lowest BCUT2D eigenvalue weighted by Crippen LogP contribution is -2.52. The van der Waals surface area contributed by atoms with Crippen LogP contribution in [0.3, 0.4) is 0 Å². The molecule has 1 aromatic rings. The highest BCUT2D eigenvalue weighted by molar-refractivity contribution is 5.99. The summed E-state index contributed by atoms with van der Waals surface area (Å²) >= 11 is 0. The maximum atomic E-state index is 12.1. The SMILES string of the molecule is O=C(C=Cc1ccccc1N1CCN(C(=O)O)CC1=O)NO. The van der Waals surface area contributed by atoms with Crippen molar-refractivity contribution in [3.63, 3.8) is 0 Å². The molecular weight excluding hydrogens is 290 g/mol. The van der Waals surface area contributed by atoms with Gasteiger partial charge in [-0.15, -0.1) is 0 Å². The summed E-state index contributed by atoms with van der Waals surface area (Å²) in [6, 6.07) is 6.92. The molecule has 1 aromatic carbocycles. The van der Waals surface area contributed by atoms with Crippen LogP contribution in [0, 0.1) is 0 Å². The van der Waals surface area contributed by atoms with E-state index in [9.17, 15) is 14.4 Å². The molecule has 0 aromatic heterocycles. The van der Waals surface area contributed by atoms with Crippen molar-refractivity contribution in [3.8, 4) is 0 Å². The molecule has 3 amide bonds. The summed E-state index contributed by atoms with van der Waals surface area (Å²) in [5.41, 5.74) is 2.68. The molecule has 0 unspecified atom stereocenters. The van der Waals surface area contributed by atoms with Gasteiger partial charge in [0.25, 0.3) is 5.91 Å². The highest BCUT2D eigenvalue weighted by atomic mass is 16.5. The second-order valence-electron chi connectivity index (χ2n) is 4.62. The van der Waals surface area contributed by atoms with Crippen molar-refractivity contribution in [1.29, 1.82) is 0 Å². The number of rotatable bonds is 3. The molecule has 1 aliphatic heterocycles. The summed E-state index contributed by atoms with van der Waals surface area (Å²) in [6.45, 7) is 0.253. The fourth-order valence-corrected chi connectivity index (χ4v) is 2.17. The normalized spacial score (nSPS) is 15.2. The third-order valence-electron chi connectivity index (χ3n) is 3.24. The van der Waals surface area contributed by atoms with Gasteiger partial charge in [0, 0.05) is 19.2 Å². The summed E-state index contributed by atoms with van der Waals surface area (Å²) < 4.78 is 0. The van der Waals surface area contributed by atoms with Gasteiger partial charge in [0.2, 0.25) is 5.91 Å². The van der Waals surface area contributed by atoms with Gasteiger partial charge in [-0.3, -0.25) is 19.7 Å². The van der Waals surface area contributed by atoms with E-state index in [4.69, 9.17) is 10.3 Å². The Morgan fingerprint density at radius 2 is 1.95 bits per heavy atom. The first kappa shape index (κ1) is 15.5. The number of hydroxylamine groups is 1. The van der Waals surface area contributed by atoms with Crippen LogP contribution >= 0.6 is 0 Å². The number of anilines is 1. The van der Waals surface area contributed by atoms with Gasteiger partial charge >= 0.3 is 6.09 Å². The molecular formula is C14H15N3O5. The van der Waals surface area contributed by atoms with Gasteiger partial charge in [-0.2, -0.15) is 0 Å². The molecule has 22 heavy (non-hydrogen) atoms. The van der Waals surface area contributed by atoms with E-state index in [1.165, 1.54) is 16.5 Å². The van der Waals surface area contributed by atoms with E-state index in [1.807, 2.05) is 0 Å². The average molecular weight is 305 g/mol. The number of benzene rings is 1. The van der Waals surface area contributed by atoms with Crippen molar-refractivity contribution < 1.29 is 24.7 Å². The van der Waals surface area contributed by atoms with Gasteiger partial charge in [0.1, 0.15) is 6.54 Å². The Kier molecular flexibility index (Phi) is 4.74. The number of carbonyl (C=O) groups excluding carboxylic acids is 2. The fourth-order valence-electron chi connectivity index (χ4n) is 2.17. The first-order chi connectivity index (χ1) is 10.5. The molecule has 1 saturated heterocycles. The lowest BCUT2D eigenvalue weighted by Gasteiger charge is -2.33. The molecule has 1 aliphatic rings. The Labute approximate surface area is 126 Å². The van der Waals surface area contributed by atoms with Crippen LogP contribution in [0.1, 0.15) is 5.56 Å². The van der Waals surface area contributed by atoms with E-state index in [-0.39, 0.29) is 25.5 Å². The predicted octanol–water partition coefficient (Wildman–Crippen LogP) is 0.532. The van der Waals surface area contributed by atoms with E-state index in [0.29, 0.717) is 11.3 Å². The van der Waals surface area contributed by atoms with Crippen molar-refractivity contribution in [1.82, 2.24) is 10.4 Å². The Hall–Kier alpha value is -2.87. The standard InChI is InChI=1S/C14H15N3O5/c18-12(15-22)6-5-10-3-1-2-4-11(10)17-8-7-16(14(20)21)9-13(17)19/h1-6,22H,7-9H2,(H,15,18)(H,20,21). The minimum Gasteiger partial charge on any atom is -0.465 e. The molecule has 1 heterocycles. The highest BCUT2D eigenvalue weighted by Crippen LogP contribution is 2.23. The summed E-state index contributed by atoms with van der Waals surface area (Å²) in [5, 5.41) is 17.4. The van der Waals surface area contributed by atoms with Crippen molar-refractivity contribution in [2.75, 3.05) is 24.5 Å². The molecule has 0 aliphatic carbocycles. The van der Waals surface area contributed by atoms with Crippen LogP contribution in [0.2, 0.25) is 0 Å². The Balaban J connectivity index is 2.23. The third-order valence-corrected chi connectivity index (χ3v) is 3.24. The van der Waals surface area contributed by atoms with Gasteiger partial charge in [-0.1, -0.05) is 18.2 Å². The van der Waals surface area contributed by atoms with Gasteiger partial charge in [0.15, 0.2) is 0 Å². The number of amides is 3. The molecule has 1 fully saturated rings. The second kappa shape index (κ2) is 6.72. The molecule has 0 radical (unpaired) electrons. The molecule has 0 saturated carbocycles. The minimum atomic E-state index is -1.12. The van der Waals surface area contributed by atoms with Gasteiger partial charge in [-0.05, 0) is 17.7 Å². The number of nitrogens with one attached hydrogen (secondary N) is 1. The Morgan fingerprint density at radius 1 is 1.23 bits per heavy atom. The molecule has 8 heteroatoms.